The number of nitrogens with zero attached hydrogens (tertiary/aromatic N) is 1. The first-order chi connectivity index (χ1) is 7.55. The van der Waals surface area contributed by atoms with Gasteiger partial charge in [-0.15, -0.1) is 0 Å². The van der Waals surface area contributed by atoms with E-state index < -0.39 is 37.8 Å². The molecule has 0 bridgehead atoms. The molecule has 1 heterocycles. The highest BCUT2D eigenvalue weighted by Crippen LogP contribution is 2.38. The Hall–Kier alpha value is -0.960. The molecule has 0 aliphatic heterocycles. The maximum absolute atomic E-state index is 12.4. The highest BCUT2D eigenvalue weighted by molar-refractivity contribution is 8.13. The second-order valence-corrected chi connectivity index (χ2v) is 5.31. The van der Waals surface area contributed by atoms with Gasteiger partial charge in [0.1, 0.15) is 10.6 Å². The van der Waals surface area contributed by atoms with Gasteiger partial charge in [-0.25, -0.2) is 17.2 Å². The molecule has 1 rings (SSSR count). The molecule has 0 aliphatic rings. The molecule has 10 heteroatoms. The van der Waals surface area contributed by atoms with E-state index in [1.807, 2.05) is 0 Å². The summed E-state index contributed by atoms with van der Waals surface area (Å²) in [6, 6.07) is 0.265. The topological polar surface area (TPSA) is 47.0 Å². The molecule has 0 aliphatic carbocycles. The van der Waals surface area contributed by atoms with Crippen molar-refractivity contribution in [1.29, 1.82) is 0 Å². The maximum Gasteiger partial charge on any atom is 0.417 e. The summed E-state index contributed by atoms with van der Waals surface area (Å²) in [6.07, 6.45) is -8.17. The summed E-state index contributed by atoms with van der Waals surface area (Å²) in [7, 11) is -0.265. The third kappa shape index (κ3) is 3.03. The highest BCUT2D eigenvalue weighted by atomic mass is 35.7. The van der Waals surface area contributed by atoms with Crippen LogP contribution in [0.4, 0.5) is 22.0 Å². The molecule has 0 atom stereocenters. The van der Waals surface area contributed by atoms with Gasteiger partial charge in [0.05, 0.1) is 5.56 Å². The molecule has 0 spiro atoms. The normalized spacial score (nSPS) is 13.1. The van der Waals surface area contributed by atoms with Crippen LogP contribution in [-0.2, 0) is 15.2 Å². The number of rotatable bonds is 2. The first-order valence-electron chi connectivity index (χ1n) is 3.84. The summed E-state index contributed by atoms with van der Waals surface area (Å²) in [5.41, 5.74) is -3.28. The standard InChI is InChI=1S/C7H3ClF5NO2S/c8-17(15,16)5-3(7(11,12)13)1-2-14-4(5)6(9)10/h1-2,6H. The number of halogens is 6. The Kier molecular flexibility index (Phi) is 3.63. The SMILES string of the molecule is O=S(=O)(Cl)c1c(C(F)(F)F)ccnc1C(F)F. The third-order valence-corrected chi connectivity index (χ3v) is 3.07. The van der Waals surface area contributed by atoms with Crippen LogP contribution in [0.2, 0.25) is 0 Å². The van der Waals surface area contributed by atoms with E-state index in [1.165, 1.54) is 0 Å². The van der Waals surface area contributed by atoms with Gasteiger partial charge in [-0.05, 0) is 6.07 Å². The molecule has 1 aromatic heterocycles. The molecule has 0 unspecified atom stereocenters. The second-order valence-electron chi connectivity index (χ2n) is 2.81. The Morgan fingerprint density at radius 3 is 2.18 bits per heavy atom. The van der Waals surface area contributed by atoms with Crippen molar-refractivity contribution in [2.75, 3.05) is 0 Å². The van der Waals surface area contributed by atoms with Gasteiger partial charge in [0.2, 0.25) is 0 Å². The largest absolute Gasteiger partial charge is 0.417 e. The Labute approximate surface area is 96.6 Å². The van der Waals surface area contributed by atoms with Gasteiger partial charge >= 0.3 is 6.18 Å². The Bertz CT molecular complexity index is 528. The van der Waals surface area contributed by atoms with E-state index in [2.05, 4.69) is 4.98 Å². The summed E-state index contributed by atoms with van der Waals surface area (Å²) in [4.78, 5) is 1.20. The lowest BCUT2D eigenvalue weighted by Crippen LogP contribution is -2.14. The quantitative estimate of drug-likeness (QED) is 0.622. The van der Waals surface area contributed by atoms with Gasteiger partial charge in [0.15, 0.2) is 0 Å². The molecular weight excluding hydrogens is 293 g/mol. The first-order valence-corrected chi connectivity index (χ1v) is 6.15. The van der Waals surface area contributed by atoms with E-state index in [0.717, 1.165) is 0 Å². The molecule has 0 N–H and O–H groups in total. The fourth-order valence-corrected chi connectivity index (χ4v) is 2.42. The monoisotopic (exact) mass is 295 g/mol. The van der Waals surface area contributed by atoms with Crippen molar-refractivity contribution in [3.8, 4) is 0 Å². The molecule has 0 saturated heterocycles. The molecule has 0 amide bonds. The predicted molar refractivity (Wildman–Crippen MR) is 47.2 cm³/mol. The summed E-state index contributed by atoms with van der Waals surface area (Å²) >= 11 is 0. The van der Waals surface area contributed by atoms with E-state index in [0.29, 0.717) is 6.20 Å². The van der Waals surface area contributed by atoms with Crippen LogP contribution in [0.5, 0.6) is 0 Å². The van der Waals surface area contributed by atoms with Crippen molar-refractivity contribution in [2.45, 2.75) is 17.5 Å². The van der Waals surface area contributed by atoms with Gasteiger partial charge in [-0.1, -0.05) is 0 Å². The lowest BCUT2D eigenvalue weighted by atomic mass is 10.2. The molecule has 0 aromatic carbocycles. The molecule has 3 nitrogen and oxygen atoms in total. The number of hydrogen-bond acceptors (Lipinski definition) is 3. The molecule has 0 radical (unpaired) electrons. The van der Waals surface area contributed by atoms with Gasteiger partial charge in [0, 0.05) is 16.9 Å². The van der Waals surface area contributed by atoms with E-state index in [9.17, 15) is 30.4 Å². The second kappa shape index (κ2) is 4.37. The van der Waals surface area contributed by atoms with Crippen LogP contribution in [-0.4, -0.2) is 13.4 Å². The Morgan fingerprint density at radius 1 is 1.29 bits per heavy atom. The number of aromatic nitrogens is 1. The van der Waals surface area contributed by atoms with Crippen molar-refractivity contribution in [2.24, 2.45) is 0 Å². The van der Waals surface area contributed by atoms with Crippen molar-refractivity contribution in [3.63, 3.8) is 0 Å². The van der Waals surface area contributed by atoms with Crippen molar-refractivity contribution in [3.05, 3.63) is 23.5 Å². The molecule has 1 aromatic rings. The van der Waals surface area contributed by atoms with Crippen LogP contribution >= 0.6 is 10.7 Å². The predicted octanol–water partition coefficient (Wildman–Crippen LogP) is 2.97. The minimum Gasteiger partial charge on any atom is -0.254 e. The van der Waals surface area contributed by atoms with E-state index in [1.54, 1.807) is 0 Å². The van der Waals surface area contributed by atoms with E-state index >= 15 is 0 Å². The number of pyridine rings is 1. The molecular formula is C7H3ClF5NO2S. The smallest absolute Gasteiger partial charge is 0.254 e. The van der Waals surface area contributed by atoms with Crippen LogP contribution in [0.15, 0.2) is 17.2 Å². The van der Waals surface area contributed by atoms with Gasteiger partial charge < -0.3 is 0 Å². The van der Waals surface area contributed by atoms with E-state index in [-0.39, 0.29) is 6.07 Å². The minimum atomic E-state index is -5.12. The summed E-state index contributed by atoms with van der Waals surface area (Å²) in [5.74, 6) is 0. The molecule has 0 fully saturated rings. The van der Waals surface area contributed by atoms with Crippen LogP contribution in [0.1, 0.15) is 17.7 Å². The Balaban J connectivity index is 3.70. The summed E-state index contributed by atoms with van der Waals surface area (Å²) in [6.45, 7) is 0. The van der Waals surface area contributed by atoms with Gasteiger partial charge in [0.25, 0.3) is 15.5 Å². The Morgan fingerprint density at radius 2 is 1.82 bits per heavy atom. The zero-order valence-corrected chi connectivity index (χ0v) is 9.24. The lowest BCUT2D eigenvalue weighted by Gasteiger charge is -2.13. The molecule has 96 valence electrons. The van der Waals surface area contributed by atoms with Crippen molar-refractivity contribution >= 4 is 19.7 Å². The third-order valence-electron chi connectivity index (χ3n) is 1.69. The average molecular weight is 296 g/mol. The van der Waals surface area contributed by atoms with Crippen LogP contribution in [0.3, 0.4) is 0 Å². The molecule has 17 heavy (non-hydrogen) atoms. The lowest BCUT2D eigenvalue weighted by molar-refractivity contribution is -0.140. The van der Waals surface area contributed by atoms with Crippen LogP contribution < -0.4 is 0 Å². The van der Waals surface area contributed by atoms with Crippen LogP contribution in [0.25, 0.3) is 0 Å². The van der Waals surface area contributed by atoms with Crippen molar-refractivity contribution < 1.29 is 30.4 Å². The maximum atomic E-state index is 12.4. The van der Waals surface area contributed by atoms with Crippen molar-refractivity contribution in [1.82, 2.24) is 4.98 Å². The minimum absolute atomic E-state index is 0.265. The van der Waals surface area contributed by atoms with E-state index in [4.69, 9.17) is 10.7 Å². The van der Waals surface area contributed by atoms with Crippen LogP contribution in [0, 0.1) is 0 Å². The van der Waals surface area contributed by atoms with Gasteiger partial charge in [-0.3, -0.25) is 4.98 Å². The zero-order chi connectivity index (χ0) is 13.4. The summed E-state index contributed by atoms with van der Waals surface area (Å²) in [5, 5.41) is 0. The molecule has 0 saturated carbocycles. The fourth-order valence-electron chi connectivity index (χ4n) is 1.10. The average Bonchev–Trinajstić information content (AvgIpc) is 2.13. The number of hydrogen-bond donors (Lipinski definition) is 0. The first kappa shape index (κ1) is 14.1. The number of alkyl halides is 5. The zero-order valence-electron chi connectivity index (χ0n) is 7.67. The summed E-state index contributed by atoms with van der Waals surface area (Å²) < 4.78 is 83.9. The fraction of sp³-hybridized carbons (Fsp3) is 0.286. The van der Waals surface area contributed by atoms with Gasteiger partial charge in [-0.2, -0.15) is 13.2 Å². The highest BCUT2D eigenvalue weighted by Gasteiger charge is 2.40.